The summed E-state index contributed by atoms with van der Waals surface area (Å²) in [5.41, 5.74) is -0.156. The minimum absolute atomic E-state index is 0.0485. The summed E-state index contributed by atoms with van der Waals surface area (Å²) in [5.74, 6) is -0.484. The van der Waals surface area contributed by atoms with Crippen LogP contribution in [0, 0.1) is 10.1 Å². The van der Waals surface area contributed by atoms with Crippen LogP contribution < -0.4 is 14.1 Å². The van der Waals surface area contributed by atoms with Gasteiger partial charge in [0.15, 0.2) is 0 Å². The number of nitro groups is 1. The quantitative estimate of drug-likeness (QED) is 0.317. The van der Waals surface area contributed by atoms with Gasteiger partial charge < -0.3 is 13.8 Å². The van der Waals surface area contributed by atoms with E-state index in [-0.39, 0.29) is 17.2 Å². The lowest BCUT2D eigenvalue weighted by Gasteiger charge is -2.22. The second kappa shape index (κ2) is 8.41. The van der Waals surface area contributed by atoms with Crippen molar-refractivity contribution < 1.29 is 28.1 Å². The molecule has 1 aromatic heterocycles. The van der Waals surface area contributed by atoms with Crippen LogP contribution >= 0.6 is 7.75 Å². The molecule has 138 valence electrons. The number of benzene rings is 1. The Balaban J connectivity index is 2.25. The SMILES string of the molecule is COC(=O)[C@H](C)NP(=O)(Oc1ccc([N+](=O)[O-])cc1)Oc1cccnc1. The number of carbonyl (C=O) groups is 1. The van der Waals surface area contributed by atoms with Gasteiger partial charge in [-0.05, 0) is 31.2 Å². The van der Waals surface area contributed by atoms with E-state index in [9.17, 15) is 19.5 Å². The van der Waals surface area contributed by atoms with Crippen molar-refractivity contribution in [2.45, 2.75) is 13.0 Å². The first-order valence-electron chi connectivity index (χ1n) is 7.32. The van der Waals surface area contributed by atoms with Crippen molar-refractivity contribution in [3.63, 3.8) is 0 Å². The molecule has 1 N–H and O–H groups in total. The van der Waals surface area contributed by atoms with Crippen LogP contribution in [0.3, 0.4) is 0 Å². The van der Waals surface area contributed by atoms with Crippen molar-refractivity contribution in [1.29, 1.82) is 0 Å². The fraction of sp³-hybridized carbons (Fsp3) is 0.200. The van der Waals surface area contributed by atoms with Gasteiger partial charge >= 0.3 is 13.7 Å². The Hall–Kier alpha value is -2.97. The van der Waals surface area contributed by atoms with Crippen LogP contribution in [0.2, 0.25) is 0 Å². The van der Waals surface area contributed by atoms with E-state index in [0.29, 0.717) is 0 Å². The van der Waals surface area contributed by atoms with Crippen molar-refractivity contribution in [3.8, 4) is 11.5 Å². The van der Waals surface area contributed by atoms with Crippen LogP contribution in [0.25, 0.3) is 0 Å². The van der Waals surface area contributed by atoms with Gasteiger partial charge in [0.25, 0.3) is 5.69 Å². The monoisotopic (exact) mass is 381 g/mol. The zero-order valence-corrected chi connectivity index (χ0v) is 14.8. The maximum atomic E-state index is 13.1. The number of non-ortho nitro benzene ring substituents is 1. The molecule has 0 spiro atoms. The lowest BCUT2D eigenvalue weighted by Crippen LogP contribution is -2.35. The number of nitro benzene ring substituents is 1. The first-order chi connectivity index (χ1) is 12.3. The highest BCUT2D eigenvalue weighted by molar-refractivity contribution is 7.52. The molecule has 1 aromatic carbocycles. The van der Waals surface area contributed by atoms with Gasteiger partial charge in [-0.15, -0.1) is 0 Å². The van der Waals surface area contributed by atoms with Crippen molar-refractivity contribution >= 4 is 19.4 Å². The van der Waals surface area contributed by atoms with Gasteiger partial charge in [-0.1, -0.05) is 0 Å². The average molecular weight is 381 g/mol. The maximum Gasteiger partial charge on any atom is 0.513 e. The van der Waals surface area contributed by atoms with Crippen LogP contribution in [-0.2, 0) is 14.1 Å². The minimum atomic E-state index is -4.09. The lowest BCUT2D eigenvalue weighted by molar-refractivity contribution is -0.384. The zero-order valence-electron chi connectivity index (χ0n) is 13.9. The van der Waals surface area contributed by atoms with Crippen LogP contribution in [0.4, 0.5) is 5.69 Å². The number of rotatable bonds is 8. The Morgan fingerprint density at radius 1 is 1.23 bits per heavy atom. The van der Waals surface area contributed by atoms with Gasteiger partial charge in [-0.2, -0.15) is 5.09 Å². The highest BCUT2D eigenvalue weighted by Gasteiger charge is 2.33. The number of hydrogen-bond acceptors (Lipinski definition) is 8. The van der Waals surface area contributed by atoms with Crippen LogP contribution in [-0.4, -0.2) is 29.0 Å². The summed E-state index contributed by atoms with van der Waals surface area (Å²) < 4.78 is 28.4. The number of hydrogen-bond donors (Lipinski definition) is 1. The molecule has 0 aliphatic rings. The van der Waals surface area contributed by atoms with Crippen molar-refractivity contribution in [2.75, 3.05) is 7.11 Å². The number of nitrogens with zero attached hydrogens (tertiary/aromatic N) is 2. The molecule has 0 saturated heterocycles. The molecule has 2 atom stereocenters. The highest BCUT2D eigenvalue weighted by atomic mass is 31.2. The Morgan fingerprint density at radius 3 is 2.42 bits per heavy atom. The maximum absolute atomic E-state index is 13.1. The van der Waals surface area contributed by atoms with E-state index in [1.807, 2.05) is 0 Å². The molecule has 0 aliphatic carbocycles. The van der Waals surface area contributed by atoms with Crippen molar-refractivity contribution in [3.05, 3.63) is 58.9 Å². The molecule has 0 bridgehead atoms. The standard InChI is InChI=1S/C15H16N3O7P/c1-11(15(19)23-2)17-26(22,25-14-4-3-9-16-10-14)24-13-7-5-12(6-8-13)18(20)21/h3-11H,1-2H3,(H,17,22)/t11-,26?/m0/s1. The molecule has 0 amide bonds. The molecule has 0 radical (unpaired) electrons. The summed E-state index contributed by atoms with van der Waals surface area (Å²) in [6.07, 6.45) is 2.82. The lowest BCUT2D eigenvalue weighted by atomic mass is 10.3. The Labute approximate surface area is 148 Å². The number of ether oxygens (including phenoxy) is 1. The number of methoxy groups -OCH3 is 1. The fourth-order valence-electron chi connectivity index (χ4n) is 1.85. The van der Waals surface area contributed by atoms with Gasteiger partial charge in [-0.25, -0.2) is 4.57 Å². The normalized spacial score (nSPS) is 13.9. The number of nitrogens with one attached hydrogen (secondary N) is 1. The summed E-state index contributed by atoms with van der Waals surface area (Å²) >= 11 is 0. The van der Waals surface area contributed by atoms with E-state index in [4.69, 9.17) is 9.05 Å². The van der Waals surface area contributed by atoms with Crippen molar-refractivity contribution in [2.24, 2.45) is 0 Å². The first-order valence-corrected chi connectivity index (χ1v) is 8.86. The number of aromatic nitrogens is 1. The van der Waals surface area contributed by atoms with Gasteiger partial charge in [0.1, 0.15) is 17.5 Å². The predicted octanol–water partition coefficient (Wildman–Crippen LogP) is 2.71. The number of esters is 1. The van der Waals surface area contributed by atoms with Crippen LogP contribution in [0.1, 0.15) is 6.92 Å². The summed E-state index contributed by atoms with van der Waals surface area (Å²) in [6, 6.07) is 6.98. The van der Waals surface area contributed by atoms with Gasteiger partial charge in [-0.3, -0.25) is 19.9 Å². The van der Waals surface area contributed by atoms with E-state index in [1.165, 1.54) is 56.8 Å². The Morgan fingerprint density at radius 2 is 1.88 bits per heavy atom. The predicted molar refractivity (Wildman–Crippen MR) is 90.8 cm³/mol. The molecule has 1 heterocycles. The molecule has 1 unspecified atom stereocenters. The molecule has 0 fully saturated rings. The van der Waals surface area contributed by atoms with Crippen LogP contribution in [0.5, 0.6) is 11.5 Å². The smallest absolute Gasteiger partial charge is 0.468 e. The molecule has 10 nitrogen and oxygen atoms in total. The molecule has 2 aromatic rings. The third-order valence-electron chi connectivity index (χ3n) is 3.04. The van der Waals surface area contributed by atoms with E-state index in [2.05, 4.69) is 14.8 Å². The average Bonchev–Trinajstić information content (AvgIpc) is 2.61. The molecular weight excluding hydrogens is 365 g/mol. The second-order valence-electron chi connectivity index (χ2n) is 4.99. The Bertz CT molecular complexity index is 814. The molecule has 11 heteroatoms. The summed E-state index contributed by atoms with van der Waals surface area (Å²) in [4.78, 5) is 25.6. The van der Waals surface area contributed by atoms with Crippen LogP contribution in [0.15, 0.2) is 48.8 Å². The number of carbonyl (C=O) groups excluding carboxylic acids is 1. The van der Waals surface area contributed by atoms with E-state index < -0.39 is 24.7 Å². The van der Waals surface area contributed by atoms with E-state index >= 15 is 0 Å². The topological polar surface area (TPSA) is 130 Å². The first kappa shape index (κ1) is 19.4. The third-order valence-corrected chi connectivity index (χ3v) is 4.65. The van der Waals surface area contributed by atoms with E-state index in [0.717, 1.165) is 0 Å². The molecule has 2 rings (SSSR count). The fourth-order valence-corrected chi connectivity index (χ4v) is 3.35. The Kier molecular flexibility index (Phi) is 6.26. The van der Waals surface area contributed by atoms with Crippen molar-refractivity contribution in [1.82, 2.24) is 10.1 Å². The molecular formula is C15H16N3O7P. The minimum Gasteiger partial charge on any atom is -0.468 e. The number of pyridine rings is 1. The summed E-state index contributed by atoms with van der Waals surface area (Å²) in [6.45, 7) is 1.42. The van der Waals surface area contributed by atoms with Gasteiger partial charge in [0.05, 0.1) is 18.2 Å². The van der Waals surface area contributed by atoms with E-state index in [1.54, 1.807) is 6.07 Å². The second-order valence-corrected chi connectivity index (χ2v) is 6.61. The third kappa shape index (κ3) is 5.27. The summed E-state index contributed by atoms with van der Waals surface area (Å²) in [5, 5.41) is 13.2. The molecule has 0 saturated carbocycles. The largest absolute Gasteiger partial charge is 0.513 e. The van der Waals surface area contributed by atoms with Gasteiger partial charge in [0.2, 0.25) is 0 Å². The molecule has 0 aliphatic heterocycles. The zero-order chi connectivity index (χ0) is 19.2. The highest BCUT2D eigenvalue weighted by Crippen LogP contribution is 2.45. The summed E-state index contributed by atoms with van der Waals surface area (Å²) in [7, 11) is -2.90. The molecule has 26 heavy (non-hydrogen) atoms. The van der Waals surface area contributed by atoms with Gasteiger partial charge in [0, 0.05) is 18.3 Å².